The van der Waals surface area contributed by atoms with Gasteiger partial charge in [0.15, 0.2) is 17.2 Å². The molecule has 0 unspecified atom stereocenters. The van der Waals surface area contributed by atoms with Crippen LogP contribution in [0.5, 0.6) is 0 Å². The Morgan fingerprint density at radius 1 is 1.19 bits per heavy atom. The van der Waals surface area contributed by atoms with Gasteiger partial charge in [0, 0.05) is 16.5 Å². The fourth-order valence-corrected chi connectivity index (χ4v) is 5.93. The summed E-state index contributed by atoms with van der Waals surface area (Å²) >= 11 is 1.72. The summed E-state index contributed by atoms with van der Waals surface area (Å²) in [5, 5.41) is 9.53. The molecular formula is C21H21F3N6S. The summed E-state index contributed by atoms with van der Waals surface area (Å²) in [4.78, 5) is 11.7. The first-order valence-corrected chi connectivity index (χ1v) is 11.4. The van der Waals surface area contributed by atoms with E-state index in [2.05, 4.69) is 22.1 Å². The molecule has 2 atom stereocenters. The van der Waals surface area contributed by atoms with E-state index in [9.17, 15) is 13.2 Å². The molecule has 31 heavy (non-hydrogen) atoms. The number of hydrogen-bond acceptors (Lipinski definition) is 5. The Labute approximate surface area is 180 Å². The second-order valence-electron chi connectivity index (χ2n) is 8.86. The molecule has 4 aromatic heterocycles. The van der Waals surface area contributed by atoms with Crippen LogP contribution in [0.15, 0.2) is 12.4 Å². The van der Waals surface area contributed by atoms with E-state index in [4.69, 9.17) is 4.98 Å². The van der Waals surface area contributed by atoms with E-state index in [1.807, 2.05) is 6.92 Å². The first kappa shape index (κ1) is 19.2. The van der Waals surface area contributed by atoms with Crippen molar-refractivity contribution < 1.29 is 13.2 Å². The fraction of sp³-hybridized carbons (Fsp3) is 0.524. The van der Waals surface area contributed by atoms with E-state index < -0.39 is 17.9 Å². The number of nitrogens with zero attached hydrogens (tertiary/aromatic N) is 6. The number of aromatic nitrogens is 6. The number of fused-ring (bicyclic) bond motifs is 5. The van der Waals surface area contributed by atoms with Crippen molar-refractivity contribution in [2.75, 3.05) is 0 Å². The highest BCUT2D eigenvalue weighted by molar-refractivity contribution is 7.19. The van der Waals surface area contributed by atoms with Crippen LogP contribution in [0.4, 0.5) is 13.2 Å². The van der Waals surface area contributed by atoms with Crippen LogP contribution in [0.25, 0.3) is 15.9 Å². The Bertz CT molecular complexity index is 1310. The minimum Gasteiger partial charge on any atom is -0.258 e. The molecule has 0 bridgehead atoms. The second-order valence-corrected chi connectivity index (χ2v) is 9.95. The fourth-order valence-electron chi connectivity index (χ4n) is 4.58. The lowest BCUT2D eigenvalue weighted by Gasteiger charge is -2.17. The van der Waals surface area contributed by atoms with Gasteiger partial charge in [-0.15, -0.1) is 16.4 Å². The Hall–Kier alpha value is -2.49. The second kappa shape index (κ2) is 6.51. The molecule has 0 N–H and O–H groups in total. The topological polar surface area (TPSA) is 60.9 Å². The van der Waals surface area contributed by atoms with Crippen LogP contribution in [-0.4, -0.2) is 29.4 Å². The molecule has 0 radical (unpaired) electrons. The number of alkyl halides is 3. The molecule has 6 nitrogen and oxygen atoms in total. The molecule has 1 saturated carbocycles. The summed E-state index contributed by atoms with van der Waals surface area (Å²) in [6.07, 6.45) is 2.14. The van der Waals surface area contributed by atoms with Crippen molar-refractivity contribution in [1.82, 2.24) is 29.4 Å². The van der Waals surface area contributed by atoms with Gasteiger partial charge in [-0.1, -0.05) is 6.92 Å². The van der Waals surface area contributed by atoms with E-state index in [-0.39, 0.29) is 5.92 Å². The SMILES string of the molecule is C[C@H]1CCc2c(sc3ncn4nc([C@H](C)n5nc(C(F)(F)F)cc5C5CC5)nc4c23)C1. The number of rotatable bonds is 3. The molecule has 0 aliphatic heterocycles. The van der Waals surface area contributed by atoms with Gasteiger partial charge in [-0.25, -0.2) is 14.5 Å². The average Bonchev–Trinajstić information content (AvgIpc) is 3.16. The van der Waals surface area contributed by atoms with Crippen molar-refractivity contribution >= 4 is 27.2 Å². The number of thiophene rings is 1. The van der Waals surface area contributed by atoms with Gasteiger partial charge in [0.25, 0.3) is 0 Å². The third kappa shape index (κ3) is 3.06. The van der Waals surface area contributed by atoms with Gasteiger partial charge >= 0.3 is 6.18 Å². The van der Waals surface area contributed by atoms with Gasteiger partial charge in [0.1, 0.15) is 17.2 Å². The number of halogens is 3. The minimum atomic E-state index is -4.47. The van der Waals surface area contributed by atoms with Crippen LogP contribution in [0.3, 0.4) is 0 Å². The molecule has 10 heteroatoms. The maximum atomic E-state index is 13.3. The molecule has 4 aromatic rings. The molecule has 0 spiro atoms. The van der Waals surface area contributed by atoms with Crippen LogP contribution in [-0.2, 0) is 19.0 Å². The average molecular weight is 447 g/mol. The molecule has 0 saturated heterocycles. The Morgan fingerprint density at radius 3 is 2.74 bits per heavy atom. The van der Waals surface area contributed by atoms with Crippen molar-refractivity contribution in [3.8, 4) is 0 Å². The van der Waals surface area contributed by atoms with Crippen molar-refractivity contribution in [1.29, 1.82) is 0 Å². The quantitative estimate of drug-likeness (QED) is 0.436. The maximum Gasteiger partial charge on any atom is 0.435 e. The smallest absolute Gasteiger partial charge is 0.258 e. The van der Waals surface area contributed by atoms with Crippen LogP contribution in [0.2, 0.25) is 0 Å². The van der Waals surface area contributed by atoms with E-state index in [0.717, 1.165) is 48.0 Å². The van der Waals surface area contributed by atoms with Gasteiger partial charge < -0.3 is 0 Å². The normalized spacial score (nSPS) is 20.5. The molecule has 6 rings (SSSR count). The Balaban J connectivity index is 1.47. The molecule has 0 aromatic carbocycles. The van der Waals surface area contributed by atoms with E-state index in [1.165, 1.54) is 21.2 Å². The van der Waals surface area contributed by atoms with Crippen molar-refractivity contribution in [2.24, 2.45) is 5.92 Å². The first-order valence-electron chi connectivity index (χ1n) is 10.6. The highest BCUT2D eigenvalue weighted by atomic mass is 32.1. The van der Waals surface area contributed by atoms with Gasteiger partial charge in [0.2, 0.25) is 0 Å². The molecular weight excluding hydrogens is 425 g/mol. The van der Waals surface area contributed by atoms with E-state index in [0.29, 0.717) is 17.4 Å². The zero-order chi connectivity index (χ0) is 21.5. The van der Waals surface area contributed by atoms with E-state index in [1.54, 1.807) is 22.2 Å². The summed E-state index contributed by atoms with van der Waals surface area (Å²) in [6.45, 7) is 4.08. The standard InChI is InChI=1S/C21H21F3N6S/c1-10-3-6-13-15(7-10)31-20-17(13)19-26-18(28-29(19)9-25-20)11(2)30-14(12-4-5-12)8-16(27-30)21(22,23)24/h8-12H,3-7H2,1-2H3/t10-,11-/m0/s1. The third-order valence-corrected chi connectivity index (χ3v) is 7.60. The monoisotopic (exact) mass is 446 g/mol. The summed E-state index contributed by atoms with van der Waals surface area (Å²) in [5.41, 5.74) is 1.80. The van der Waals surface area contributed by atoms with Gasteiger partial charge in [-0.2, -0.15) is 18.3 Å². The minimum absolute atomic E-state index is 0.127. The maximum absolute atomic E-state index is 13.3. The predicted molar refractivity (Wildman–Crippen MR) is 110 cm³/mol. The largest absolute Gasteiger partial charge is 0.435 e. The molecule has 2 aliphatic carbocycles. The van der Waals surface area contributed by atoms with E-state index >= 15 is 0 Å². The van der Waals surface area contributed by atoms with Crippen LogP contribution >= 0.6 is 11.3 Å². The first-order chi connectivity index (χ1) is 14.8. The Morgan fingerprint density at radius 2 is 2.00 bits per heavy atom. The van der Waals surface area contributed by atoms with Gasteiger partial charge in [0.05, 0.1) is 5.39 Å². The molecule has 1 fully saturated rings. The molecule has 0 amide bonds. The Kier molecular flexibility index (Phi) is 4.03. The lowest BCUT2D eigenvalue weighted by Crippen LogP contribution is -2.15. The summed E-state index contributed by atoms with van der Waals surface area (Å²) in [7, 11) is 0. The lowest BCUT2D eigenvalue weighted by atomic mass is 9.89. The zero-order valence-corrected chi connectivity index (χ0v) is 18.0. The van der Waals surface area contributed by atoms with Crippen molar-refractivity contribution in [3.05, 3.63) is 40.0 Å². The van der Waals surface area contributed by atoms with Crippen molar-refractivity contribution in [2.45, 2.75) is 64.1 Å². The number of aryl methyl sites for hydroxylation is 1. The lowest BCUT2D eigenvalue weighted by molar-refractivity contribution is -0.141. The van der Waals surface area contributed by atoms with Crippen LogP contribution in [0, 0.1) is 5.92 Å². The molecule has 4 heterocycles. The number of hydrogen-bond donors (Lipinski definition) is 0. The highest BCUT2D eigenvalue weighted by Gasteiger charge is 2.39. The van der Waals surface area contributed by atoms with Gasteiger partial charge in [-0.05, 0) is 56.6 Å². The summed E-state index contributed by atoms with van der Waals surface area (Å²) in [5.74, 6) is 1.24. The highest BCUT2D eigenvalue weighted by Crippen LogP contribution is 2.43. The zero-order valence-electron chi connectivity index (χ0n) is 17.1. The molecule has 162 valence electrons. The van der Waals surface area contributed by atoms with Crippen molar-refractivity contribution in [3.63, 3.8) is 0 Å². The van der Waals surface area contributed by atoms with Crippen LogP contribution in [0.1, 0.15) is 72.7 Å². The summed E-state index contributed by atoms with van der Waals surface area (Å²) in [6, 6.07) is 0.677. The van der Waals surface area contributed by atoms with Gasteiger partial charge in [-0.3, -0.25) is 4.68 Å². The third-order valence-electron chi connectivity index (χ3n) is 6.44. The summed E-state index contributed by atoms with van der Waals surface area (Å²) < 4.78 is 43.0. The molecule has 2 aliphatic rings. The van der Waals surface area contributed by atoms with Crippen LogP contribution < -0.4 is 0 Å². The predicted octanol–water partition coefficient (Wildman–Crippen LogP) is 5.17.